The van der Waals surface area contributed by atoms with Gasteiger partial charge in [-0.3, -0.25) is 4.79 Å². The average molecular weight is 182 g/mol. The summed E-state index contributed by atoms with van der Waals surface area (Å²) in [4.78, 5) is 10.3. The second-order valence-corrected chi connectivity index (χ2v) is 2.51. The van der Waals surface area contributed by atoms with E-state index >= 15 is 0 Å². The highest BCUT2D eigenvalue weighted by Crippen LogP contribution is 2.00. The lowest BCUT2D eigenvalue weighted by molar-refractivity contribution is -0.137. The molecule has 1 aromatic rings. The number of oxime groups is 1. The van der Waals surface area contributed by atoms with Crippen molar-refractivity contribution in [3.8, 4) is 0 Å². The summed E-state index contributed by atoms with van der Waals surface area (Å²) in [5, 5.41) is 19.6. The molecule has 0 amide bonds. The van der Waals surface area contributed by atoms with Gasteiger partial charge in [0.2, 0.25) is 0 Å². The Balaban J connectivity index is 2.65. The second kappa shape index (κ2) is 4.30. The molecular weight excluding hydrogens is 172 g/mol. The zero-order valence-corrected chi connectivity index (χ0v) is 6.92. The molecule has 5 heteroatoms. The summed E-state index contributed by atoms with van der Waals surface area (Å²) in [6, 6.07) is 3.50. The van der Waals surface area contributed by atoms with Gasteiger partial charge in [-0.15, -0.1) is 0 Å². The number of hydrogen-bond donors (Lipinski definition) is 2. The maximum absolute atomic E-state index is 10.3. The van der Waals surface area contributed by atoms with Gasteiger partial charge in [-0.25, -0.2) is 0 Å². The highest BCUT2D eigenvalue weighted by Gasteiger charge is 2.00. The van der Waals surface area contributed by atoms with E-state index in [2.05, 4.69) is 5.16 Å². The Labute approximate surface area is 74.9 Å². The first-order valence-corrected chi connectivity index (χ1v) is 3.78. The van der Waals surface area contributed by atoms with Crippen LogP contribution in [0, 0.1) is 0 Å². The number of aliphatic carboxylic acids is 1. The summed E-state index contributed by atoms with van der Waals surface area (Å²) in [6.07, 6.45) is 3.06. The van der Waals surface area contributed by atoms with E-state index in [1.807, 2.05) is 0 Å². The van der Waals surface area contributed by atoms with Crippen LogP contribution in [0.1, 0.15) is 12.1 Å². The maximum atomic E-state index is 10.3. The zero-order chi connectivity index (χ0) is 9.68. The van der Waals surface area contributed by atoms with E-state index in [0.29, 0.717) is 12.2 Å². The molecule has 0 saturated heterocycles. The third kappa shape index (κ3) is 2.62. The van der Waals surface area contributed by atoms with E-state index in [1.165, 1.54) is 6.21 Å². The molecule has 0 aliphatic carbocycles. The van der Waals surface area contributed by atoms with Gasteiger partial charge in [0.05, 0.1) is 18.3 Å². The van der Waals surface area contributed by atoms with Gasteiger partial charge in [0.25, 0.3) is 0 Å². The molecule has 0 radical (unpaired) electrons. The van der Waals surface area contributed by atoms with Crippen LogP contribution in [0.25, 0.3) is 0 Å². The Hall–Kier alpha value is -1.78. The molecule has 0 unspecified atom stereocenters. The van der Waals surface area contributed by atoms with Crippen LogP contribution in [0.4, 0.5) is 0 Å². The van der Waals surface area contributed by atoms with Gasteiger partial charge in [0.1, 0.15) is 0 Å². The van der Waals surface area contributed by atoms with Crippen LogP contribution in [0.15, 0.2) is 23.5 Å². The van der Waals surface area contributed by atoms with Crippen LogP contribution in [-0.4, -0.2) is 27.1 Å². The highest BCUT2D eigenvalue weighted by molar-refractivity contribution is 5.77. The first-order chi connectivity index (χ1) is 6.24. The molecule has 0 atom stereocenters. The van der Waals surface area contributed by atoms with E-state index in [1.54, 1.807) is 22.9 Å². The Bertz CT molecular complexity index is 317. The summed E-state index contributed by atoms with van der Waals surface area (Å²) < 4.78 is 1.70. The SMILES string of the molecule is O=C(O)CCn1cccc1C=NO. The van der Waals surface area contributed by atoms with Crippen molar-refractivity contribution in [3.05, 3.63) is 24.0 Å². The molecule has 1 heterocycles. The van der Waals surface area contributed by atoms with Gasteiger partial charge >= 0.3 is 5.97 Å². The largest absolute Gasteiger partial charge is 0.481 e. The van der Waals surface area contributed by atoms with Crippen LogP contribution in [-0.2, 0) is 11.3 Å². The normalized spacial score (nSPS) is 10.8. The van der Waals surface area contributed by atoms with Crippen LogP contribution in [0.3, 0.4) is 0 Å². The first-order valence-electron chi connectivity index (χ1n) is 3.78. The van der Waals surface area contributed by atoms with Gasteiger partial charge in [-0.1, -0.05) is 5.16 Å². The minimum atomic E-state index is -0.847. The molecule has 1 rings (SSSR count). The van der Waals surface area contributed by atoms with Crippen molar-refractivity contribution in [2.24, 2.45) is 5.16 Å². The smallest absolute Gasteiger partial charge is 0.305 e. The Kier molecular flexibility index (Phi) is 3.08. The molecule has 70 valence electrons. The van der Waals surface area contributed by atoms with E-state index in [0.717, 1.165) is 0 Å². The molecule has 13 heavy (non-hydrogen) atoms. The van der Waals surface area contributed by atoms with Gasteiger partial charge < -0.3 is 14.9 Å². The summed E-state index contributed by atoms with van der Waals surface area (Å²) in [5.74, 6) is -0.847. The summed E-state index contributed by atoms with van der Waals surface area (Å²) in [6.45, 7) is 0.379. The molecule has 5 nitrogen and oxygen atoms in total. The monoisotopic (exact) mass is 182 g/mol. The van der Waals surface area contributed by atoms with E-state index < -0.39 is 5.97 Å². The predicted octanol–water partition coefficient (Wildman–Crippen LogP) is 0.771. The fourth-order valence-electron chi connectivity index (χ4n) is 1.02. The third-order valence-electron chi connectivity index (χ3n) is 1.62. The molecule has 1 aromatic heterocycles. The van der Waals surface area contributed by atoms with Crippen molar-refractivity contribution < 1.29 is 15.1 Å². The number of aryl methyl sites for hydroxylation is 1. The lowest BCUT2D eigenvalue weighted by Gasteiger charge is -2.02. The topological polar surface area (TPSA) is 74.8 Å². The summed E-state index contributed by atoms with van der Waals surface area (Å²) >= 11 is 0. The van der Waals surface area contributed by atoms with Crippen molar-refractivity contribution in [2.45, 2.75) is 13.0 Å². The Morgan fingerprint density at radius 1 is 1.69 bits per heavy atom. The van der Waals surface area contributed by atoms with E-state index in [-0.39, 0.29) is 6.42 Å². The van der Waals surface area contributed by atoms with Crippen LogP contribution in [0.2, 0.25) is 0 Å². The number of aromatic nitrogens is 1. The molecule has 0 spiro atoms. The van der Waals surface area contributed by atoms with Gasteiger partial charge in [0.15, 0.2) is 0 Å². The minimum absolute atomic E-state index is 0.0565. The summed E-state index contributed by atoms with van der Waals surface area (Å²) in [5.41, 5.74) is 0.684. The van der Waals surface area contributed by atoms with Crippen LogP contribution < -0.4 is 0 Å². The fraction of sp³-hybridized carbons (Fsp3) is 0.250. The number of carbonyl (C=O) groups is 1. The number of nitrogens with zero attached hydrogens (tertiary/aromatic N) is 2. The molecule has 0 bridgehead atoms. The molecule has 0 aliphatic rings. The molecule has 0 aromatic carbocycles. The van der Waals surface area contributed by atoms with E-state index in [9.17, 15) is 4.79 Å². The average Bonchev–Trinajstić information content (AvgIpc) is 2.49. The molecule has 2 N–H and O–H groups in total. The van der Waals surface area contributed by atoms with E-state index in [4.69, 9.17) is 10.3 Å². The van der Waals surface area contributed by atoms with Gasteiger partial charge in [0, 0.05) is 12.7 Å². The van der Waals surface area contributed by atoms with Crippen molar-refractivity contribution in [2.75, 3.05) is 0 Å². The number of carboxylic acids is 1. The Morgan fingerprint density at radius 2 is 2.46 bits per heavy atom. The van der Waals surface area contributed by atoms with Crippen molar-refractivity contribution in [3.63, 3.8) is 0 Å². The quantitative estimate of drug-likeness (QED) is 0.410. The third-order valence-corrected chi connectivity index (χ3v) is 1.62. The van der Waals surface area contributed by atoms with Crippen LogP contribution in [0.5, 0.6) is 0 Å². The number of rotatable bonds is 4. The minimum Gasteiger partial charge on any atom is -0.481 e. The van der Waals surface area contributed by atoms with Crippen molar-refractivity contribution >= 4 is 12.2 Å². The highest BCUT2D eigenvalue weighted by atomic mass is 16.4. The number of carboxylic acid groups (broad SMARTS) is 1. The maximum Gasteiger partial charge on any atom is 0.305 e. The molecule has 0 aliphatic heterocycles. The molecule has 0 saturated carbocycles. The zero-order valence-electron chi connectivity index (χ0n) is 6.92. The van der Waals surface area contributed by atoms with Gasteiger partial charge in [-0.2, -0.15) is 0 Å². The fourth-order valence-corrected chi connectivity index (χ4v) is 1.02. The van der Waals surface area contributed by atoms with Gasteiger partial charge in [-0.05, 0) is 12.1 Å². The standard InChI is InChI=1S/C8H10N2O3/c11-8(12)3-5-10-4-1-2-7(10)6-9-13/h1-2,4,6,13H,3,5H2,(H,11,12). The lowest BCUT2D eigenvalue weighted by Crippen LogP contribution is -2.06. The van der Waals surface area contributed by atoms with Crippen molar-refractivity contribution in [1.29, 1.82) is 0 Å². The predicted molar refractivity (Wildman–Crippen MR) is 46.1 cm³/mol. The first kappa shape index (κ1) is 9.31. The second-order valence-electron chi connectivity index (χ2n) is 2.51. The molecule has 0 fully saturated rings. The lowest BCUT2D eigenvalue weighted by atomic mass is 10.4. The van der Waals surface area contributed by atoms with Crippen LogP contribution >= 0.6 is 0 Å². The Morgan fingerprint density at radius 3 is 3.08 bits per heavy atom. The van der Waals surface area contributed by atoms with Crippen molar-refractivity contribution in [1.82, 2.24) is 4.57 Å². The summed E-state index contributed by atoms with van der Waals surface area (Å²) in [7, 11) is 0. The number of hydrogen-bond acceptors (Lipinski definition) is 3. The molecular formula is C8H10N2O3.